The average Bonchev–Trinajstić information content (AvgIpc) is 3.38. The van der Waals surface area contributed by atoms with Crippen molar-refractivity contribution in [3.8, 4) is 5.82 Å². The van der Waals surface area contributed by atoms with Gasteiger partial charge >= 0.3 is 0 Å². The van der Waals surface area contributed by atoms with Crippen LogP contribution in [0.1, 0.15) is 64.6 Å². The number of nitrogens with zero attached hydrogens (tertiary/aromatic N) is 5. The molecule has 1 unspecified atom stereocenters. The predicted molar refractivity (Wildman–Crippen MR) is 153 cm³/mol. The third-order valence-electron chi connectivity index (χ3n) is 7.17. The number of para-hydroxylation sites is 2. The highest BCUT2D eigenvalue weighted by atomic mass is 19.3. The molecule has 0 spiro atoms. The molecule has 5 rings (SSSR count). The number of anilines is 2. The van der Waals surface area contributed by atoms with Crippen LogP contribution >= 0.6 is 0 Å². The lowest BCUT2D eigenvalue weighted by molar-refractivity contribution is 0.122. The van der Waals surface area contributed by atoms with Crippen LogP contribution in [0.4, 0.5) is 24.9 Å². The fourth-order valence-corrected chi connectivity index (χ4v) is 5.11. The molecule has 11 heteroatoms. The van der Waals surface area contributed by atoms with Gasteiger partial charge in [0.05, 0.1) is 24.2 Å². The molecule has 8 nitrogen and oxygen atoms in total. The molecule has 1 aliphatic carbocycles. The number of fused-ring (bicyclic) bond motifs is 1. The number of benzene rings is 1. The van der Waals surface area contributed by atoms with Crippen LogP contribution in [0.2, 0.25) is 0 Å². The van der Waals surface area contributed by atoms with E-state index >= 15 is 0 Å². The van der Waals surface area contributed by atoms with Crippen molar-refractivity contribution in [2.45, 2.75) is 65.0 Å². The zero-order chi connectivity index (χ0) is 28.3. The van der Waals surface area contributed by atoms with Crippen LogP contribution in [0.15, 0.2) is 30.3 Å². The Kier molecular flexibility index (Phi) is 11.4. The summed E-state index contributed by atoms with van der Waals surface area (Å²) in [4.78, 5) is 15.7. The summed E-state index contributed by atoms with van der Waals surface area (Å²) in [5.41, 5.74) is 1.12. The molecule has 3 heterocycles. The van der Waals surface area contributed by atoms with Gasteiger partial charge in [0.2, 0.25) is 5.95 Å². The Balaban J connectivity index is 0.000000406. The number of alkyl halides is 3. The van der Waals surface area contributed by atoms with Crippen LogP contribution in [-0.4, -0.2) is 71.6 Å². The van der Waals surface area contributed by atoms with E-state index < -0.39 is 12.6 Å². The minimum atomic E-state index is -2.72. The number of aromatic nitrogens is 4. The molecular weight excluding hydrogens is 519 g/mol. The van der Waals surface area contributed by atoms with Gasteiger partial charge in [0.1, 0.15) is 17.8 Å². The van der Waals surface area contributed by atoms with E-state index in [4.69, 9.17) is 9.72 Å². The number of rotatable bonds is 10. The lowest BCUT2D eigenvalue weighted by atomic mass is 9.89. The quantitative estimate of drug-likeness (QED) is 0.297. The fraction of sp³-hybridized carbons (Fsp3) is 0.621. The van der Waals surface area contributed by atoms with Gasteiger partial charge in [0.25, 0.3) is 6.43 Å². The summed E-state index contributed by atoms with van der Waals surface area (Å²) in [5.74, 6) is 1.86. The Bertz CT molecular complexity index is 1180. The molecule has 0 radical (unpaired) electrons. The highest BCUT2D eigenvalue weighted by Crippen LogP contribution is 2.30. The number of hydrogen-bond acceptors (Lipinski definition) is 7. The average molecular weight is 562 g/mol. The molecule has 2 N–H and O–H groups in total. The number of nitrogens with one attached hydrogen (secondary N) is 2. The smallest absolute Gasteiger partial charge is 0.296 e. The predicted octanol–water partition coefficient (Wildman–Crippen LogP) is 5.93. The van der Waals surface area contributed by atoms with E-state index in [1.54, 1.807) is 31.2 Å². The minimum absolute atomic E-state index is 0.309. The molecule has 1 saturated heterocycles. The van der Waals surface area contributed by atoms with Crippen LogP contribution in [0.3, 0.4) is 0 Å². The third-order valence-corrected chi connectivity index (χ3v) is 7.17. The summed E-state index contributed by atoms with van der Waals surface area (Å²) in [6.07, 6.45) is 3.86. The molecular formula is C29H42F3N7O. The van der Waals surface area contributed by atoms with Crippen molar-refractivity contribution >= 4 is 22.8 Å². The van der Waals surface area contributed by atoms with E-state index in [-0.39, 0.29) is 5.82 Å². The van der Waals surface area contributed by atoms with Crippen molar-refractivity contribution in [1.29, 1.82) is 0 Å². The largest absolute Gasteiger partial charge is 0.378 e. The lowest BCUT2D eigenvalue weighted by Gasteiger charge is -2.28. The summed E-state index contributed by atoms with van der Waals surface area (Å²) in [5, 5.41) is 6.35. The Hall–Kier alpha value is -2.92. The third kappa shape index (κ3) is 8.30. The molecule has 40 heavy (non-hydrogen) atoms. The molecule has 1 atom stereocenters. The zero-order valence-corrected chi connectivity index (χ0v) is 23.6. The van der Waals surface area contributed by atoms with E-state index in [0.29, 0.717) is 67.4 Å². The van der Waals surface area contributed by atoms with Crippen molar-refractivity contribution in [1.82, 2.24) is 24.8 Å². The molecule has 3 aromatic rings. The maximum Gasteiger partial charge on any atom is 0.296 e. The van der Waals surface area contributed by atoms with Crippen molar-refractivity contribution in [3.05, 3.63) is 36.2 Å². The molecule has 1 aliphatic heterocycles. The second kappa shape index (κ2) is 15.2. The van der Waals surface area contributed by atoms with Crippen molar-refractivity contribution in [2.24, 2.45) is 5.92 Å². The van der Waals surface area contributed by atoms with Gasteiger partial charge in [-0.15, -0.1) is 0 Å². The van der Waals surface area contributed by atoms with Crippen LogP contribution in [0.5, 0.6) is 0 Å². The van der Waals surface area contributed by atoms with Crippen molar-refractivity contribution in [3.63, 3.8) is 0 Å². The zero-order valence-electron chi connectivity index (χ0n) is 23.6. The van der Waals surface area contributed by atoms with Gasteiger partial charge in [-0.25, -0.2) is 18.2 Å². The second-order valence-electron chi connectivity index (χ2n) is 10.5. The highest BCUT2D eigenvalue weighted by molar-refractivity contribution is 5.78. The molecule has 2 fully saturated rings. The summed E-state index contributed by atoms with van der Waals surface area (Å²) in [6, 6.07) is 8.92. The van der Waals surface area contributed by atoms with Crippen molar-refractivity contribution in [2.75, 3.05) is 56.2 Å². The molecule has 0 bridgehead atoms. The van der Waals surface area contributed by atoms with E-state index in [2.05, 4.69) is 32.4 Å². The van der Waals surface area contributed by atoms with E-state index in [1.807, 2.05) is 6.07 Å². The number of ether oxygens (including phenoxy) is 1. The number of morpholine rings is 1. The summed E-state index contributed by atoms with van der Waals surface area (Å²) >= 11 is 0. The topological polar surface area (TPSA) is 80.1 Å². The Morgan fingerprint density at radius 2 is 1.73 bits per heavy atom. The van der Waals surface area contributed by atoms with E-state index in [1.165, 1.54) is 36.7 Å². The lowest BCUT2D eigenvalue weighted by Crippen LogP contribution is -2.37. The van der Waals surface area contributed by atoms with Crippen LogP contribution < -0.4 is 15.5 Å². The maximum atomic E-state index is 13.9. The van der Waals surface area contributed by atoms with E-state index in [9.17, 15) is 13.2 Å². The molecule has 2 aliphatic rings. The van der Waals surface area contributed by atoms with Crippen LogP contribution in [-0.2, 0) is 4.74 Å². The monoisotopic (exact) mass is 561 g/mol. The Morgan fingerprint density at radius 1 is 1.00 bits per heavy atom. The van der Waals surface area contributed by atoms with Gasteiger partial charge in [0.15, 0.2) is 5.82 Å². The number of hydrogen-bond donors (Lipinski definition) is 2. The summed E-state index contributed by atoms with van der Waals surface area (Å²) in [6.45, 7) is 8.45. The SMILES string of the molecule is CCCNCC(C)F.FC(F)c1nc2ccccc2n1-c1cc(N2CCOCC2)nc(NCC2CCCCC2)n1. The number of imidazole rings is 1. The summed E-state index contributed by atoms with van der Waals surface area (Å²) in [7, 11) is 0. The van der Waals surface area contributed by atoms with Gasteiger partial charge in [0, 0.05) is 32.2 Å². The molecule has 220 valence electrons. The van der Waals surface area contributed by atoms with Gasteiger partial charge in [-0.2, -0.15) is 9.97 Å². The first-order chi connectivity index (χ1) is 19.5. The Morgan fingerprint density at radius 3 is 2.42 bits per heavy atom. The Labute approximate surface area is 234 Å². The normalized spacial score (nSPS) is 17.1. The van der Waals surface area contributed by atoms with Gasteiger partial charge in [-0.1, -0.05) is 38.3 Å². The summed E-state index contributed by atoms with van der Waals surface area (Å²) < 4.78 is 46.7. The molecule has 2 aromatic heterocycles. The molecule has 1 aromatic carbocycles. The minimum Gasteiger partial charge on any atom is -0.378 e. The number of halogens is 3. The van der Waals surface area contributed by atoms with Gasteiger partial charge in [-0.05, 0) is 50.8 Å². The maximum absolute atomic E-state index is 13.9. The highest BCUT2D eigenvalue weighted by Gasteiger charge is 2.23. The first kappa shape index (κ1) is 30.0. The van der Waals surface area contributed by atoms with Crippen LogP contribution in [0.25, 0.3) is 16.9 Å². The molecule has 1 saturated carbocycles. The standard InChI is InChI=1S/C23H28F2N6O.C6H14FN/c24-21(25)22-27-17-8-4-5-9-18(17)31(22)20-14-19(30-10-12-32-13-11-30)28-23(29-20)26-15-16-6-2-1-3-7-16;1-3-4-8-5-6(2)7/h4-5,8-9,14,16,21H,1-3,6-7,10-13,15H2,(H,26,28,29);6,8H,3-5H2,1-2H3. The van der Waals surface area contributed by atoms with Gasteiger partial charge in [-0.3, -0.25) is 4.57 Å². The van der Waals surface area contributed by atoms with E-state index in [0.717, 1.165) is 19.5 Å². The van der Waals surface area contributed by atoms with Crippen molar-refractivity contribution < 1.29 is 17.9 Å². The van der Waals surface area contributed by atoms with Crippen LogP contribution in [0, 0.1) is 5.92 Å². The first-order valence-electron chi connectivity index (χ1n) is 14.5. The fourth-order valence-electron chi connectivity index (χ4n) is 5.11. The second-order valence-corrected chi connectivity index (χ2v) is 10.5. The molecule has 0 amide bonds. The van der Waals surface area contributed by atoms with Gasteiger partial charge < -0.3 is 20.3 Å². The first-order valence-corrected chi connectivity index (χ1v) is 14.5.